The molecule has 1 aliphatic rings. The minimum absolute atomic E-state index is 0.00137. The molecule has 0 aromatic heterocycles. The van der Waals surface area contributed by atoms with Gasteiger partial charge in [0.25, 0.3) is 0 Å². The van der Waals surface area contributed by atoms with Crippen LogP contribution in [0.1, 0.15) is 40.0 Å². The smallest absolute Gasteiger partial charge is 0.245 e. The summed E-state index contributed by atoms with van der Waals surface area (Å²) in [6, 6.07) is -0.347. The van der Waals surface area contributed by atoms with Gasteiger partial charge in [-0.05, 0) is 31.3 Å². The summed E-state index contributed by atoms with van der Waals surface area (Å²) in [5, 5.41) is 2.89. The zero-order valence-electron chi connectivity index (χ0n) is 12.4. The van der Waals surface area contributed by atoms with Crippen molar-refractivity contribution in [3.8, 4) is 0 Å². The van der Waals surface area contributed by atoms with E-state index < -0.39 is 0 Å². The van der Waals surface area contributed by atoms with Gasteiger partial charge in [0, 0.05) is 19.0 Å². The summed E-state index contributed by atoms with van der Waals surface area (Å²) in [6.07, 6.45) is 4.36. The Balaban J connectivity index is 2.80. The summed E-state index contributed by atoms with van der Waals surface area (Å²) in [7, 11) is 0. The highest BCUT2D eigenvalue weighted by Gasteiger charge is 2.35. The van der Waals surface area contributed by atoms with Crippen LogP contribution in [-0.2, 0) is 9.59 Å². The van der Waals surface area contributed by atoms with E-state index in [1.54, 1.807) is 11.8 Å². The molecule has 3 atom stereocenters. The van der Waals surface area contributed by atoms with Crippen molar-refractivity contribution in [2.24, 2.45) is 5.92 Å². The van der Waals surface area contributed by atoms with Crippen LogP contribution in [0.4, 0.5) is 0 Å². The van der Waals surface area contributed by atoms with E-state index >= 15 is 0 Å². The molecule has 1 aliphatic heterocycles. The van der Waals surface area contributed by atoms with E-state index in [1.807, 2.05) is 18.7 Å². The van der Waals surface area contributed by atoms with Crippen LogP contribution >= 0.6 is 11.8 Å². The predicted octanol–water partition coefficient (Wildman–Crippen LogP) is 1.89. The SMILES string of the molecule is CCC(C)C1NC(=O)CC(C)N(CCCSC)C1=O. The molecule has 1 heterocycles. The molecule has 0 aromatic carbocycles. The molecule has 2 amide bonds. The molecule has 0 aliphatic carbocycles. The molecule has 0 spiro atoms. The zero-order valence-corrected chi connectivity index (χ0v) is 13.3. The van der Waals surface area contributed by atoms with Crippen LogP contribution in [0.15, 0.2) is 0 Å². The van der Waals surface area contributed by atoms with Gasteiger partial charge < -0.3 is 10.2 Å². The molecular formula is C14H26N2O2S. The third-order valence-electron chi connectivity index (χ3n) is 3.84. The largest absolute Gasteiger partial charge is 0.344 e. The third-order valence-corrected chi connectivity index (χ3v) is 4.54. The first-order valence-corrected chi connectivity index (χ1v) is 8.49. The number of amides is 2. The first kappa shape index (κ1) is 16.3. The van der Waals surface area contributed by atoms with Crippen molar-refractivity contribution in [2.45, 2.75) is 52.1 Å². The summed E-state index contributed by atoms with van der Waals surface area (Å²) < 4.78 is 0. The van der Waals surface area contributed by atoms with Crippen LogP contribution in [-0.4, -0.2) is 47.4 Å². The van der Waals surface area contributed by atoms with E-state index in [0.29, 0.717) is 6.42 Å². The Kier molecular flexibility index (Phi) is 6.69. The van der Waals surface area contributed by atoms with Gasteiger partial charge in [-0.15, -0.1) is 0 Å². The Morgan fingerprint density at radius 1 is 1.47 bits per heavy atom. The van der Waals surface area contributed by atoms with Crippen molar-refractivity contribution in [3.05, 3.63) is 0 Å². The molecule has 110 valence electrons. The second-order valence-corrected chi connectivity index (χ2v) is 6.35. The van der Waals surface area contributed by atoms with Crippen LogP contribution < -0.4 is 5.32 Å². The normalized spacial score (nSPS) is 26.0. The number of thioether (sulfide) groups is 1. The fourth-order valence-electron chi connectivity index (χ4n) is 2.40. The molecular weight excluding hydrogens is 260 g/mol. The quantitative estimate of drug-likeness (QED) is 0.759. The van der Waals surface area contributed by atoms with E-state index in [1.165, 1.54) is 0 Å². The Morgan fingerprint density at radius 3 is 2.74 bits per heavy atom. The average Bonchev–Trinajstić information content (AvgIpc) is 2.48. The number of carbonyl (C=O) groups is 2. The molecule has 0 saturated carbocycles. The number of nitrogens with one attached hydrogen (secondary N) is 1. The third kappa shape index (κ3) is 4.41. The van der Waals surface area contributed by atoms with E-state index in [-0.39, 0.29) is 29.8 Å². The lowest BCUT2D eigenvalue weighted by atomic mass is 9.98. The predicted molar refractivity (Wildman–Crippen MR) is 80.2 cm³/mol. The second-order valence-electron chi connectivity index (χ2n) is 5.36. The minimum atomic E-state index is -0.350. The molecule has 0 aromatic rings. The lowest BCUT2D eigenvalue weighted by Gasteiger charge is -2.30. The molecule has 5 heteroatoms. The van der Waals surface area contributed by atoms with E-state index in [4.69, 9.17) is 0 Å². The van der Waals surface area contributed by atoms with Crippen LogP contribution in [0, 0.1) is 5.92 Å². The summed E-state index contributed by atoms with van der Waals surface area (Å²) in [5.74, 6) is 1.32. The van der Waals surface area contributed by atoms with Gasteiger partial charge in [-0.3, -0.25) is 9.59 Å². The van der Waals surface area contributed by atoms with Crippen LogP contribution in [0.5, 0.6) is 0 Å². The summed E-state index contributed by atoms with van der Waals surface area (Å²) in [4.78, 5) is 26.3. The molecule has 4 nitrogen and oxygen atoms in total. The highest BCUT2D eigenvalue weighted by molar-refractivity contribution is 7.98. The van der Waals surface area contributed by atoms with E-state index in [2.05, 4.69) is 18.5 Å². The standard InChI is InChI=1S/C14H26N2O2S/c1-5-10(2)13-14(18)16(7-6-8-19-4)11(3)9-12(17)15-13/h10-11,13H,5-9H2,1-4H3,(H,15,17). The van der Waals surface area contributed by atoms with Gasteiger partial charge in [0.05, 0.1) is 0 Å². The molecule has 1 N–H and O–H groups in total. The summed E-state index contributed by atoms with van der Waals surface area (Å²) in [5.41, 5.74) is 0. The van der Waals surface area contributed by atoms with Crippen molar-refractivity contribution in [3.63, 3.8) is 0 Å². The zero-order chi connectivity index (χ0) is 14.4. The van der Waals surface area contributed by atoms with Crippen LogP contribution in [0.3, 0.4) is 0 Å². The van der Waals surface area contributed by atoms with Gasteiger partial charge in [-0.25, -0.2) is 0 Å². The lowest BCUT2D eigenvalue weighted by Crippen LogP contribution is -2.49. The Hall–Kier alpha value is -0.710. The Labute approximate surface area is 120 Å². The van der Waals surface area contributed by atoms with E-state index in [9.17, 15) is 9.59 Å². The first-order valence-electron chi connectivity index (χ1n) is 7.10. The maximum atomic E-state index is 12.6. The van der Waals surface area contributed by atoms with E-state index in [0.717, 1.165) is 25.1 Å². The summed E-state index contributed by atoms with van der Waals surface area (Å²) in [6.45, 7) is 6.80. The Morgan fingerprint density at radius 2 is 2.16 bits per heavy atom. The van der Waals surface area contributed by atoms with Gasteiger partial charge in [-0.1, -0.05) is 20.3 Å². The first-order chi connectivity index (χ1) is 9.01. The minimum Gasteiger partial charge on any atom is -0.344 e. The molecule has 0 radical (unpaired) electrons. The van der Waals surface area contributed by atoms with Crippen molar-refractivity contribution in [2.75, 3.05) is 18.6 Å². The second kappa shape index (κ2) is 7.78. The maximum absolute atomic E-state index is 12.6. The molecule has 1 saturated heterocycles. The highest BCUT2D eigenvalue weighted by atomic mass is 32.2. The maximum Gasteiger partial charge on any atom is 0.245 e. The number of carbonyl (C=O) groups excluding carboxylic acids is 2. The lowest BCUT2D eigenvalue weighted by molar-refractivity contribution is -0.136. The van der Waals surface area contributed by atoms with Crippen LogP contribution in [0.25, 0.3) is 0 Å². The van der Waals surface area contributed by atoms with Gasteiger partial charge in [0.1, 0.15) is 6.04 Å². The molecule has 19 heavy (non-hydrogen) atoms. The number of hydrogen-bond acceptors (Lipinski definition) is 3. The van der Waals surface area contributed by atoms with Gasteiger partial charge in [0.15, 0.2) is 0 Å². The Bertz CT molecular complexity index is 323. The van der Waals surface area contributed by atoms with Gasteiger partial charge >= 0.3 is 0 Å². The molecule has 3 unspecified atom stereocenters. The van der Waals surface area contributed by atoms with Crippen molar-refractivity contribution >= 4 is 23.6 Å². The fourth-order valence-corrected chi connectivity index (χ4v) is 2.82. The summed E-state index contributed by atoms with van der Waals surface area (Å²) >= 11 is 1.79. The van der Waals surface area contributed by atoms with Gasteiger partial charge in [0.2, 0.25) is 11.8 Å². The monoisotopic (exact) mass is 286 g/mol. The fraction of sp³-hybridized carbons (Fsp3) is 0.857. The highest BCUT2D eigenvalue weighted by Crippen LogP contribution is 2.18. The van der Waals surface area contributed by atoms with Crippen molar-refractivity contribution in [1.82, 2.24) is 10.2 Å². The van der Waals surface area contributed by atoms with Gasteiger partial charge in [-0.2, -0.15) is 11.8 Å². The molecule has 0 bridgehead atoms. The topological polar surface area (TPSA) is 49.4 Å². The van der Waals surface area contributed by atoms with Crippen LogP contribution in [0.2, 0.25) is 0 Å². The van der Waals surface area contributed by atoms with Crippen molar-refractivity contribution in [1.29, 1.82) is 0 Å². The molecule has 1 fully saturated rings. The molecule has 1 rings (SSSR count). The van der Waals surface area contributed by atoms with Crippen molar-refractivity contribution < 1.29 is 9.59 Å². The number of rotatable bonds is 6. The number of nitrogens with zero attached hydrogens (tertiary/aromatic N) is 1. The number of hydrogen-bond donors (Lipinski definition) is 1. The average molecular weight is 286 g/mol.